The van der Waals surface area contributed by atoms with E-state index >= 15 is 0 Å². The predicted octanol–water partition coefficient (Wildman–Crippen LogP) is 2.59. The summed E-state index contributed by atoms with van der Waals surface area (Å²) in [6.45, 7) is 5.39. The van der Waals surface area contributed by atoms with Crippen LogP contribution in [0.5, 0.6) is 0 Å². The van der Waals surface area contributed by atoms with Crippen molar-refractivity contribution in [1.82, 2.24) is 5.32 Å². The van der Waals surface area contributed by atoms with Crippen molar-refractivity contribution in [1.29, 1.82) is 0 Å². The largest absolute Gasteiger partial charge is 0.478 e. The van der Waals surface area contributed by atoms with Crippen LogP contribution in [0.4, 0.5) is 4.79 Å². The van der Waals surface area contributed by atoms with Crippen molar-refractivity contribution in [3.63, 3.8) is 0 Å². The fourth-order valence-electron chi connectivity index (χ4n) is 2.18. The van der Waals surface area contributed by atoms with Crippen LogP contribution in [0.1, 0.15) is 34.3 Å². The van der Waals surface area contributed by atoms with Gasteiger partial charge in [-0.25, -0.2) is 9.59 Å². The van der Waals surface area contributed by atoms with Crippen molar-refractivity contribution in [2.75, 3.05) is 6.61 Å². The third kappa shape index (κ3) is 2.82. The van der Waals surface area contributed by atoms with E-state index in [2.05, 4.69) is 11.9 Å². The van der Waals surface area contributed by atoms with E-state index in [-0.39, 0.29) is 12.2 Å². The molecule has 0 atom stereocenters. The highest BCUT2D eigenvalue weighted by Gasteiger charge is 2.46. The number of amides is 1. The van der Waals surface area contributed by atoms with E-state index in [1.807, 2.05) is 6.07 Å². The Hall–Kier alpha value is -2.30. The van der Waals surface area contributed by atoms with Crippen molar-refractivity contribution in [2.24, 2.45) is 0 Å². The molecule has 1 fully saturated rings. The van der Waals surface area contributed by atoms with E-state index in [0.29, 0.717) is 5.56 Å². The summed E-state index contributed by atoms with van der Waals surface area (Å²) >= 11 is 0. The molecule has 0 heterocycles. The lowest BCUT2D eigenvalue weighted by Gasteiger charge is -2.18. The molecule has 1 aliphatic carbocycles. The first kappa shape index (κ1) is 14.1. The smallest absolute Gasteiger partial charge is 0.408 e. The standard InChI is InChI=1S/C15H17NO4/c1-3-8-20-14(19)16-15(6-7-15)11-4-5-12(13(17)18)10(2)9-11/h3-5,9H,1,6-8H2,2H3,(H,16,19)(H,17,18). The van der Waals surface area contributed by atoms with Crippen LogP contribution in [0.25, 0.3) is 0 Å². The van der Waals surface area contributed by atoms with E-state index in [9.17, 15) is 9.59 Å². The van der Waals surface area contributed by atoms with Gasteiger partial charge < -0.3 is 15.2 Å². The van der Waals surface area contributed by atoms with Crippen molar-refractivity contribution in [3.05, 3.63) is 47.5 Å². The van der Waals surface area contributed by atoms with Gasteiger partial charge in [-0.2, -0.15) is 0 Å². The molecule has 1 aromatic rings. The Morgan fingerprint density at radius 1 is 1.50 bits per heavy atom. The average Bonchev–Trinajstić information content (AvgIpc) is 3.16. The Balaban J connectivity index is 2.14. The van der Waals surface area contributed by atoms with Crippen LogP contribution in [0.15, 0.2) is 30.9 Å². The Bertz CT molecular complexity index is 561. The van der Waals surface area contributed by atoms with E-state index in [1.54, 1.807) is 19.1 Å². The van der Waals surface area contributed by atoms with Gasteiger partial charge in [-0.15, -0.1) is 0 Å². The molecule has 5 heteroatoms. The third-order valence-corrected chi connectivity index (χ3v) is 3.43. The van der Waals surface area contributed by atoms with Gasteiger partial charge >= 0.3 is 12.1 Å². The van der Waals surface area contributed by atoms with Gasteiger partial charge in [0.05, 0.1) is 11.1 Å². The maximum atomic E-state index is 11.6. The monoisotopic (exact) mass is 275 g/mol. The molecule has 0 saturated heterocycles. The lowest BCUT2D eigenvalue weighted by Crippen LogP contribution is -2.35. The summed E-state index contributed by atoms with van der Waals surface area (Å²) in [6, 6.07) is 5.13. The third-order valence-electron chi connectivity index (χ3n) is 3.43. The topological polar surface area (TPSA) is 75.6 Å². The van der Waals surface area contributed by atoms with Crippen molar-refractivity contribution in [3.8, 4) is 0 Å². The minimum atomic E-state index is -0.947. The number of hydrogen-bond acceptors (Lipinski definition) is 3. The number of aromatic carboxylic acids is 1. The zero-order chi connectivity index (χ0) is 14.8. The molecule has 1 saturated carbocycles. The Morgan fingerprint density at radius 3 is 2.70 bits per heavy atom. The maximum Gasteiger partial charge on any atom is 0.408 e. The molecule has 1 amide bonds. The van der Waals surface area contributed by atoms with Crippen molar-refractivity contribution in [2.45, 2.75) is 25.3 Å². The molecule has 20 heavy (non-hydrogen) atoms. The molecule has 2 N–H and O–H groups in total. The second-order valence-corrected chi connectivity index (χ2v) is 4.93. The van der Waals surface area contributed by atoms with Gasteiger partial charge in [0.1, 0.15) is 6.61 Å². The lowest BCUT2D eigenvalue weighted by molar-refractivity contribution is 0.0696. The molecule has 0 aliphatic heterocycles. The summed E-state index contributed by atoms with van der Waals surface area (Å²) in [5.74, 6) is -0.947. The van der Waals surface area contributed by atoms with Crippen molar-refractivity contribution >= 4 is 12.1 Å². The van der Waals surface area contributed by atoms with Gasteiger partial charge in [0.25, 0.3) is 0 Å². The molecule has 1 aliphatic rings. The molecular weight excluding hydrogens is 258 g/mol. The van der Waals surface area contributed by atoms with Crippen molar-refractivity contribution < 1.29 is 19.4 Å². The number of aryl methyl sites for hydroxylation is 1. The van der Waals surface area contributed by atoms with E-state index in [4.69, 9.17) is 9.84 Å². The van der Waals surface area contributed by atoms with Gasteiger partial charge in [-0.3, -0.25) is 0 Å². The highest BCUT2D eigenvalue weighted by Crippen LogP contribution is 2.45. The van der Waals surface area contributed by atoms with Crippen LogP contribution in [-0.4, -0.2) is 23.8 Å². The normalized spacial score (nSPS) is 15.2. The highest BCUT2D eigenvalue weighted by atomic mass is 16.5. The van der Waals surface area contributed by atoms with Gasteiger partial charge in [-0.05, 0) is 37.0 Å². The average molecular weight is 275 g/mol. The number of rotatable bonds is 5. The quantitative estimate of drug-likeness (QED) is 0.810. The minimum absolute atomic E-state index is 0.166. The summed E-state index contributed by atoms with van der Waals surface area (Å²) in [7, 11) is 0. The first-order valence-electron chi connectivity index (χ1n) is 6.39. The SMILES string of the molecule is C=CCOC(=O)NC1(c2ccc(C(=O)O)c(C)c2)CC1. The minimum Gasteiger partial charge on any atom is -0.478 e. The fraction of sp³-hybridized carbons (Fsp3) is 0.333. The Kier molecular flexibility index (Phi) is 3.79. The highest BCUT2D eigenvalue weighted by molar-refractivity contribution is 5.89. The second-order valence-electron chi connectivity index (χ2n) is 4.93. The molecule has 0 bridgehead atoms. The van der Waals surface area contributed by atoms with Gasteiger partial charge in [0.2, 0.25) is 0 Å². The molecule has 0 radical (unpaired) electrons. The second kappa shape index (κ2) is 5.36. The van der Waals surface area contributed by atoms with Crippen LogP contribution in [0.2, 0.25) is 0 Å². The summed E-state index contributed by atoms with van der Waals surface area (Å²) in [6.07, 6.45) is 2.66. The van der Waals surface area contributed by atoms with Crippen LogP contribution in [0.3, 0.4) is 0 Å². The zero-order valence-corrected chi connectivity index (χ0v) is 11.3. The molecule has 0 spiro atoms. The summed E-state index contributed by atoms with van der Waals surface area (Å²) in [5.41, 5.74) is 1.46. The number of hydrogen-bond donors (Lipinski definition) is 2. The first-order chi connectivity index (χ1) is 9.48. The number of benzene rings is 1. The lowest BCUT2D eigenvalue weighted by atomic mass is 9.99. The molecule has 5 nitrogen and oxygen atoms in total. The summed E-state index contributed by atoms with van der Waals surface area (Å²) in [4.78, 5) is 22.6. The van der Waals surface area contributed by atoms with E-state index in [0.717, 1.165) is 18.4 Å². The summed E-state index contributed by atoms with van der Waals surface area (Å²) < 4.78 is 4.92. The molecule has 106 valence electrons. The molecule has 0 unspecified atom stereocenters. The molecular formula is C15H17NO4. The van der Waals surface area contributed by atoms with Crippen LogP contribution in [-0.2, 0) is 10.3 Å². The number of carbonyl (C=O) groups excluding carboxylic acids is 1. The molecule has 2 rings (SSSR count). The van der Waals surface area contributed by atoms with E-state index < -0.39 is 17.6 Å². The van der Waals surface area contributed by atoms with Gasteiger partial charge in [0.15, 0.2) is 0 Å². The number of nitrogens with one attached hydrogen (secondary N) is 1. The van der Waals surface area contributed by atoms with E-state index in [1.165, 1.54) is 6.08 Å². The van der Waals surface area contributed by atoms with Crippen LogP contribution in [0, 0.1) is 6.92 Å². The number of ether oxygens (including phenoxy) is 1. The number of carbonyl (C=O) groups is 2. The predicted molar refractivity (Wildman–Crippen MR) is 73.7 cm³/mol. The summed E-state index contributed by atoms with van der Waals surface area (Å²) in [5, 5.41) is 11.9. The Morgan fingerprint density at radius 2 is 2.20 bits per heavy atom. The zero-order valence-electron chi connectivity index (χ0n) is 11.3. The molecule has 1 aromatic carbocycles. The first-order valence-corrected chi connectivity index (χ1v) is 6.39. The Labute approximate surface area is 117 Å². The number of carboxylic acid groups (broad SMARTS) is 1. The number of carboxylic acids is 1. The maximum absolute atomic E-state index is 11.6. The van der Waals surface area contributed by atoms with Gasteiger partial charge in [-0.1, -0.05) is 24.8 Å². The van der Waals surface area contributed by atoms with Gasteiger partial charge in [0, 0.05) is 0 Å². The molecule has 0 aromatic heterocycles. The van der Waals surface area contributed by atoms with Crippen LogP contribution >= 0.6 is 0 Å². The number of alkyl carbamates (subject to hydrolysis) is 1. The van der Waals surface area contributed by atoms with Crippen LogP contribution < -0.4 is 5.32 Å². The fourth-order valence-corrected chi connectivity index (χ4v) is 2.18.